The van der Waals surface area contributed by atoms with Crippen molar-refractivity contribution in [3.05, 3.63) is 0 Å². The van der Waals surface area contributed by atoms with Gasteiger partial charge in [-0.05, 0) is 18.8 Å². The first-order valence-electron chi connectivity index (χ1n) is 5.14. The molecule has 1 N–H and O–H groups in total. The summed E-state index contributed by atoms with van der Waals surface area (Å²) in [6.07, 6.45) is 1.72. The summed E-state index contributed by atoms with van der Waals surface area (Å²) in [5, 5.41) is 2.89. The fourth-order valence-electron chi connectivity index (χ4n) is 1.53. The van der Waals surface area contributed by atoms with Crippen LogP contribution in [0.1, 0.15) is 26.7 Å². The highest BCUT2D eigenvalue weighted by molar-refractivity contribution is 9.09. The van der Waals surface area contributed by atoms with Crippen LogP contribution in [0.3, 0.4) is 0 Å². The lowest BCUT2D eigenvalue weighted by Crippen LogP contribution is -2.38. The Morgan fingerprint density at radius 3 is 2.93 bits per heavy atom. The van der Waals surface area contributed by atoms with Gasteiger partial charge in [-0.2, -0.15) is 0 Å². The smallest absolute Gasteiger partial charge is 0.249 e. The number of ether oxygens (including phenoxy) is 1. The van der Waals surface area contributed by atoms with Gasteiger partial charge < -0.3 is 10.1 Å². The molecule has 0 aliphatic carbocycles. The average Bonchev–Trinajstić information content (AvgIpc) is 2.50. The van der Waals surface area contributed by atoms with Crippen molar-refractivity contribution in [3.8, 4) is 0 Å². The summed E-state index contributed by atoms with van der Waals surface area (Å²) >= 11 is 3.44. The van der Waals surface area contributed by atoms with Crippen LogP contribution in [0.25, 0.3) is 0 Å². The van der Waals surface area contributed by atoms with Crippen molar-refractivity contribution in [2.75, 3.05) is 13.2 Å². The number of carbonyl (C=O) groups excluding carboxylic acids is 1. The van der Waals surface area contributed by atoms with Crippen LogP contribution in [-0.2, 0) is 9.53 Å². The number of hydrogen-bond acceptors (Lipinski definition) is 2. The van der Waals surface area contributed by atoms with Gasteiger partial charge in [0, 0.05) is 18.0 Å². The van der Waals surface area contributed by atoms with E-state index in [1.165, 1.54) is 0 Å². The Bertz CT molecular complexity index is 197. The van der Waals surface area contributed by atoms with Crippen LogP contribution in [0.4, 0.5) is 0 Å². The quantitative estimate of drug-likeness (QED) is 0.785. The predicted octanol–water partition coefficient (Wildman–Crippen LogP) is 1.70. The van der Waals surface area contributed by atoms with E-state index in [2.05, 4.69) is 35.1 Å². The highest BCUT2D eigenvalue weighted by Crippen LogP contribution is 2.19. The Kier molecular flexibility index (Phi) is 4.89. The van der Waals surface area contributed by atoms with E-state index in [-0.39, 0.29) is 12.0 Å². The summed E-state index contributed by atoms with van der Waals surface area (Å²) < 4.78 is 5.36. The Morgan fingerprint density at radius 2 is 2.43 bits per heavy atom. The Balaban J connectivity index is 2.21. The lowest BCUT2D eigenvalue weighted by molar-refractivity contribution is -0.131. The number of halogens is 1. The Hall–Kier alpha value is -0.0900. The number of rotatable bonds is 4. The van der Waals surface area contributed by atoms with E-state index >= 15 is 0 Å². The van der Waals surface area contributed by atoms with E-state index in [9.17, 15) is 4.79 Å². The number of nitrogens with one attached hydrogen (secondary N) is 1. The van der Waals surface area contributed by atoms with E-state index in [1.807, 2.05) is 0 Å². The second kappa shape index (κ2) is 5.71. The van der Waals surface area contributed by atoms with Crippen LogP contribution in [0, 0.1) is 5.92 Å². The molecule has 0 radical (unpaired) electrons. The van der Waals surface area contributed by atoms with E-state index in [0.29, 0.717) is 17.4 Å². The SMILES string of the molecule is CC(Br)CCNC(=O)C1OCCC1C. The molecule has 0 saturated carbocycles. The highest BCUT2D eigenvalue weighted by atomic mass is 79.9. The third-order valence-corrected chi connectivity index (χ3v) is 2.95. The van der Waals surface area contributed by atoms with Crippen molar-refractivity contribution in [1.29, 1.82) is 0 Å². The predicted molar refractivity (Wildman–Crippen MR) is 59.5 cm³/mol. The lowest BCUT2D eigenvalue weighted by atomic mass is 10.0. The zero-order chi connectivity index (χ0) is 10.6. The van der Waals surface area contributed by atoms with Gasteiger partial charge in [0.05, 0.1) is 0 Å². The summed E-state index contributed by atoms with van der Waals surface area (Å²) in [6.45, 7) is 5.57. The van der Waals surface area contributed by atoms with E-state index in [0.717, 1.165) is 19.4 Å². The zero-order valence-corrected chi connectivity index (χ0v) is 10.3. The normalized spacial score (nSPS) is 28.8. The molecule has 3 nitrogen and oxygen atoms in total. The minimum absolute atomic E-state index is 0.0446. The molecule has 1 amide bonds. The third-order valence-electron chi connectivity index (χ3n) is 2.49. The molecule has 0 spiro atoms. The molecule has 1 aliphatic heterocycles. The topological polar surface area (TPSA) is 38.3 Å². The van der Waals surface area contributed by atoms with Crippen molar-refractivity contribution < 1.29 is 9.53 Å². The number of alkyl halides is 1. The molecule has 1 fully saturated rings. The monoisotopic (exact) mass is 263 g/mol. The third kappa shape index (κ3) is 3.58. The Labute approximate surface area is 93.7 Å². The molecule has 3 unspecified atom stereocenters. The van der Waals surface area contributed by atoms with Crippen LogP contribution >= 0.6 is 15.9 Å². The standard InChI is InChI=1S/C10H18BrNO2/c1-7-4-6-14-9(7)10(13)12-5-3-8(2)11/h7-9H,3-6H2,1-2H3,(H,12,13). The fraction of sp³-hybridized carbons (Fsp3) is 0.900. The van der Waals surface area contributed by atoms with Crippen molar-refractivity contribution in [2.45, 2.75) is 37.6 Å². The molecular weight excluding hydrogens is 246 g/mol. The molecule has 0 aromatic heterocycles. The molecule has 0 aromatic rings. The number of hydrogen-bond donors (Lipinski definition) is 1. The maximum absolute atomic E-state index is 11.6. The molecule has 14 heavy (non-hydrogen) atoms. The molecule has 82 valence electrons. The van der Waals surface area contributed by atoms with Gasteiger partial charge >= 0.3 is 0 Å². The molecule has 1 rings (SSSR count). The Morgan fingerprint density at radius 1 is 1.71 bits per heavy atom. The van der Waals surface area contributed by atoms with Crippen LogP contribution in [0.5, 0.6) is 0 Å². The maximum atomic E-state index is 11.6. The number of amides is 1. The molecule has 1 saturated heterocycles. The minimum Gasteiger partial charge on any atom is -0.368 e. The molecule has 4 heteroatoms. The van der Waals surface area contributed by atoms with Gasteiger partial charge in [-0.15, -0.1) is 0 Å². The second-order valence-corrected chi connectivity index (χ2v) is 5.48. The van der Waals surface area contributed by atoms with E-state index in [1.54, 1.807) is 0 Å². The summed E-state index contributed by atoms with van der Waals surface area (Å²) in [5.41, 5.74) is 0. The van der Waals surface area contributed by atoms with E-state index in [4.69, 9.17) is 4.74 Å². The zero-order valence-electron chi connectivity index (χ0n) is 8.75. The van der Waals surface area contributed by atoms with Crippen LogP contribution in [-0.4, -0.2) is 30.0 Å². The molecule has 0 bridgehead atoms. The van der Waals surface area contributed by atoms with Gasteiger partial charge in [0.1, 0.15) is 6.10 Å². The summed E-state index contributed by atoms with van der Waals surface area (Å²) in [7, 11) is 0. The van der Waals surface area contributed by atoms with Crippen LogP contribution in [0.15, 0.2) is 0 Å². The molecule has 1 aliphatic rings. The second-order valence-electron chi connectivity index (χ2n) is 3.92. The van der Waals surface area contributed by atoms with Gasteiger partial charge in [-0.3, -0.25) is 4.79 Å². The lowest BCUT2D eigenvalue weighted by Gasteiger charge is -2.14. The summed E-state index contributed by atoms with van der Waals surface area (Å²) in [5.74, 6) is 0.402. The molecule has 3 atom stereocenters. The van der Waals surface area contributed by atoms with E-state index < -0.39 is 0 Å². The number of carbonyl (C=O) groups is 1. The van der Waals surface area contributed by atoms with Gasteiger partial charge in [-0.25, -0.2) is 0 Å². The van der Waals surface area contributed by atoms with Gasteiger partial charge in [0.15, 0.2) is 0 Å². The summed E-state index contributed by atoms with van der Waals surface area (Å²) in [4.78, 5) is 12.0. The largest absolute Gasteiger partial charge is 0.368 e. The first-order chi connectivity index (χ1) is 6.61. The van der Waals surface area contributed by atoms with Crippen molar-refractivity contribution in [2.24, 2.45) is 5.92 Å². The van der Waals surface area contributed by atoms with Crippen molar-refractivity contribution in [3.63, 3.8) is 0 Å². The van der Waals surface area contributed by atoms with Crippen LogP contribution < -0.4 is 5.32 Å². The van der Waals surface area contributed by atoms with Crippen molar-refractivity contribution >= 4 is 21.8 Å². The first kappa shape index (κ1) is 12.0. The highest BCUT2D eigenvalue weighted by Gasteiger charge is 2.30. The van der Waals surface area contributed by atoms with Crippen molar-refractivity contribution in [1.82, 2.24) is 5.32 Å². The fourth-order valence-corrected chi connectivity index (χ4v) is 1.75. The van der Waals surface area contributed by atoms with Gasteiger partial charge in [0.2, 0.25) is 5.91 Å². The molecule has 0 aromatic carbocycles. The molecule has 1 heterocycles. The average molecular weight is 264 g/mol. The van der Waals surface area contributed by atoms with Crippen LogP contribution in [0.2, 0.25) is 0 Å². The maximum Gasteiger partial charge on any atom is 0.249 e. The summed E-state index contributed by atoms with van der Waals surface area (Å²) in [6, 6.07) is 0. The molecular formula is C10H18BrNO2. The first-order valence-corrected chi connectivity index (χ1v) is 6.06. The minimum atomic E-state index is -0.222. The van der Waals surface area contributed by atoms with Gasteiger partial charge in [0.25, 0.3) is 0 Å². The van der Waals surface area contributed by atoms with Gasteiger partial charge in [-0.1, -0.05) is 29.8 Å².